The number of anilines is 1. The number of thiophene rings is 1. The predicted molar refractivity (Wildman–Crippen MR) is 88.9 cm³/mol. The van der Waals surface area contributed by atoms with Crippen molar-refractivity contribution in [3.63, 3.8) is 0 Å². The van der Waals surface area contributed by atoms with E-state index < -0.39 is 10.0 Å². The normalized spacial score (nSPS) is 11.4. The van der Waals surface area contributed by atoms with Crippen molar-refractivity contribution < 1.29 is 13.2 Å². The molecule has 0 bridgehead atoms. The highest BCUT2D eigenvalue weighted by Gasteiger charge is 2.14. The average Bonchev–Trinajstić information content (AvgIpc) is 2.92. The van der Waals surface area contributed by atoms with E-state index in [-0.39, 0.29) is 10.8 Å². The molecule has 1 aromatic heterocycles. The van der Waals surface area contributed by atoms with Crippen LogP contribution in [0.5, 0.6) is 0 Å². The van der Waals surface area contributed by atoms with Crippen LogP contribution in [0.15, 0.2) is 40.6 Å². The van der Waals surface area contributed by atoms with Crippen molar-refractivity contribution in [2.45, 2.75) is 25.2 Å². The van der Waals surface area contributed by atoms with E-state index in [1.165, 1.54) is 23.5 Å². The minimum atomic E-state index is -3.48. The van der Waals surface area contributed by atoms with E-state index in [4.69, 9.17) is 0 Å². The van der Waals surface area contributed by atoms with Gasteiger partial charge in [0.05, 0.1) is 9.77 Å². The number of benzene rings is 1. The van der Waals surface area contributed by atoms with Crippen molar-refractivity contribution in [3.8, 4) is 0 Å². The molecule has 22 heavy (non-hydrogen) atoms. The van der Waals surface area contributed by atoms with Gasteiger partial charge < -0.3 is 5.32 Å². The van der Waals surface area contributed by atoms with Gasteiger partial charge in [-0.25, -0.2) is 13.1 Å². The summed E-state index contributed by atoms with van der Waals surface area (Å²) < 4.78 is 26.4. The number of sulfonamides is 1. The molecule has 0 aliphatic rings. The van der Waals surface area contributed by atoms with Crippen LogP contribution in [0.2, 0.25) is 0 Å². The van der Waals surface area contributed by atoms with E-state index in [0.717, 1.165) is 12.0 Å². The lowest BCUT2D eigenvalue weighted by atomic mass is 10.2. The Balaban J connectivity index is 2.09. The molecule has 0 aliphatic heterocycles. The largest absolute Gasteiger partial charge is 0.321 e. The van der Waals surface area contributed by atoms with Gasteiger partial charge in [-0.3, -0.25) is 4.79 Å². The second-order valence-corrected chi connectivity index (χ2v) is 7.49. The van der Waals surface area contributed by atoms with Crippen molar-refractivity contribution in [3.05, 3.63) is 46.2 Å². The zero-order valence-electron chi connectivity index (χ0n) is 12.4. The van der Waals surface area contributed by atoms with Gasteiger partial charge in [-0.1, -0.05) is 6.92 Å². The summed E-state index contributed by atoms with van der Waals surface area (Å²) in [5, 5.41) is 4.62. The van der Waals surface area contributed by atoms with E-state index in [2.05, 4.69) is 10.0 Å². The maximum Gasteiger partial charge on any atom is 0.265 e. The maximum atomic E-state index is 12.1. The summed E-state index contributed by atoms with van der Waals surface area (Å²) in [6, 6.07) is 8.02. The molecule has 2 aromatic rings. The molecule has 0 saturated carbocycles. The summed E-state index contributed by atoms with van der Waals surface area (Å²) in [4.78, 5) is 12.9. The molecule has 5 nitrogen and oxygen atoms in total. The summed E-state index contributed by atoms with van der Waals surface area (Å²) >= 11 is 1.38. The highest BCUT2D eigenvalue weighted by atomic mass is 32.2. The Morgan fingerprint density at radius 3 is 2.41 bits per heavy atom. The molecule has 0 saturated heterocycles. The minimum absolute atomic E-state index is 0.186. The Morgan fingerprint density at radius 2 is 1.86 bits per heavy atom. The van der Waals surface area contributed by atoms with E-state index >= 15 is 0 Å². The summed E-state index contributed by atoms with van der Waals surface area (Å²) in [6.07, 6.45) is 0.730. The number of carbonyl (C=O) groups is 1. The van der Waals surface area contributed by atoms with Crippen LogP contribution in [-0.2, 0) is 10.0 Å². The Hall–Kier alpha value is -1.70. The van der Waals surface area contributed by atoms with Crippen LogP contribution in [0.25, 0.3) is 0 Å². The van der Waals surface area contributed by atoms with Gasteiger partial charge in [-0.15, -0.1) is 11.3 Å². The predicted octanol–water partition coefficient (Wildman–Crippen LogP) is 3.00. The number of rotatable bonds is 6. The molecule has 7 heteroatoms. The Morgan fingerprint density at radius 1 is 1.18 bits per heavy atom. The third-order valence-electron chi connectivity index (χ3n) is 3.03. The smallest absolute Gasteiger partial charge is 0.265 e. The third-order valence-corrected chi connectivity index (χ3v) is 5.53. The van der Waals surface area contributed by atoms with E-state index in [9.17, 15) is 13.2 Å². The molecule has 0 aliphatic carbocycles. The fourth-order valence-corrected chi connectivity index (χ4v) is 3.78. The fourth-order valence-electron chi connectivity index (χ4n) is 1.83. The highest BCUT2D eigenvalue weighted by Crippen LogP contribution is 2.19. The molecule has 0 unspecified atom stereocenters. The van der Waals surface area contributed by atoms with Crippen molar-refractivity contribution in [2.75, 3.05) is 11.9 Å². The van der Waals surface area contributed by atoms with E-state index in [1.807, 2.05) is 25.3 Å². The number of aryl methyl sites for hydroxylation is 1. The van der Waals surface area contributed by atoms with Gasteiger partial charge >= 0.3 is 0 Å². The zero-order valence-corrected chi connectivity index (χ0v) is 14.1. The zero-order chi connectivity index (χ0) is 16.2. The lowest BCUT2D eigenvalue weighted by molar-refractivity contribution is 0.103. The average molecular weight is 338 g/mol. The van der Waals surface area contributed by atoms with Crippen LogP contribution in [0.4, 0.5) is 5.69 Å². The quantitative estimate of drug-likeness (QED) is 0.850. The Labute approximate surface area is 134 Å². The van der Waals surface area contributed by atoms with Crippen LogP contribution >= 0.6 is 11.3 Å². The molecule has 0 atom stereocenters. The van der Waals surface area contributed by atoms with Crippen LogP contribution in [0.3, 0.4) is 0 Å². The van der Waals surface area contributed by atoms with Gasteiger partial charge in [-0.2, -0.15) is 0 Å². The number of amides is 1. The van der Waals surface area contributed by atoms with Crippen molar-refractivity contribution in [2.24, 2.45) is 0 Å². The summed E-state index contributed by atoms with van der Waals surface area (Å²) in [7, 11) is -3.48. The molecular formula is C15H18N2O3S2. The number of carbonyl (C=O) groups excluding carboxylic acids is 1. The first-order chi connectivity index (χ1) is 10.4. The first-order valence-electron chi connectivity index (χ1n) is 6.89. The summed E-state index contributed by atoms with van der Waals surface area (Å²) in [6.45, 7) is 4.17. The summed E-state index contributed by atoms with van der Waals surface area (Å²) in [5.41, 5.74) is 1.48. The van der Waals surface area contributed by atoms with Gasteiger partial charge in [0.25, 0.3) is 5.91 Å². The van der Waals surface area contributed by atoms with Gasteiger partial charge in [0.15, 0.2) is 0 Å². The second-order valence-electron chi connectivity index (χ2n) is 4.81. The Kier molecular flexibility index (Phi) is 5.33. The molecule has 118 valence electrons. The lowest BCUT2D eigenvalue weighted by Crippen LogP contribution is -2.24. The molecule has 0 spiro atoms. The highest BCUT2D eigenvalue weighted by molar-refractivity contribution is 7.89. The molecule has 1 amide bonds. The number of hydrogen-bond donors (Lipinski definition) is 2. The van der Waals surface area contributed by atoms with Crippen molar-refractivity contribution in [1.29, 1.82) is 0 Å². The second kappa shape index (κ2) is 7.04. The van der Waals surface area contributed by atoms with Gasteiger partial charge in [0.1, 0.15) is 0 Å². The van der Waals surface area contributed by atoms with E-state index in [0.29, 0.717) is 17.1 Å². The molecule has 2 rings (SSSR count). The van der Waals surface area contributed by atoms with Crippen LogP contribution in [0, 0.1) is 6.92 Å². The Bertz CT molecular complexity index is 749. The monoisotopic (exact) mass is 338 g/mol. The van der Waals surface area contributed by atoms with Gasteiger partial charge in [0.2, 0.25) is 10.0 Å². The first kappa shape index (κ1) is 16.7. The first-order valence-corrected chi connectivity index (χ1v) is 9.25. The number of nitrogens with one attached hydrogen (secondary N) is 2. The molecule has 2 N–H and O–H groups in total. The maximum absolute atomic E-state index is 12.1. The SMILES string of the molecule is CCCNS(=O)(=O)c1ccc(NC(=O)c2sccc2C)cc1. The molecular weight excluding hydrogens is 320 g/mol. The lowest BCUT2D eigenvalue weighted by Gasteiger charge is -2.08. The van der Waals surface area contributed by atoms with Gasteiger partial charge in [0, 0.05) is 12.2 Å². The molecule has 0 fully saturated rings. The topological polar surface area (TPSA) is 75.3 Å². The van der Waals surface area contributed by atoms with Crippen LogP contribution in [-0.4, -0.2) is 20.9 Å². The minimum Gasteiger partial charge on any atom is -0.321 e. The van der Waals surface area contributed by atoms with Crippen molar-refractivity contribution >= 4 is 33.0 Å². The van der Waals surface area contributed by atoms with Gasteiger partial charge in [-0.05, 0) is 54.6 Å². The fraction of sp³-hybridized carbons (Fsp3) is 0.267. The van der Waals surface area contributed by atoms with Crippen LogP contribution < -0.4 is 10.0 Å². The number of hydrogen-bond acceptors (Lipinski definition) is 4. The molecule has 1 heterocycles. The van der Waals surface area contributed by atoms with E-state index in [1.54, 1.807) is 12.1 Å². The molecule has 1 aromatic carbocycles. The van der Waals surface area contributed by atoms with Crippen molar-refractivity contribution in [1.82, 2.24) is 4.72 Å². The summed E-state index contributed by atoms with van der Waals surface area (Å²) in [5.74, 6) is -0.188. The third kappa shape index (κ3) is 3.94. The molecule has 0 radical (unpaired) electrons. The van der Waals surface area contributed by atoms with Crippen LogP contribution in [0.1, 0.15) is 28.6 Å². The standard InChI is InChI=1S/C15H18N2O3S2/c1-3-9-16-22(19,20)13-6-4-12(5-7-13)17-15(18)14-11(2)8-10-21-14/h4-8,10,16H,3,9H2,1-2H3,(H,17,18).